The summed E-state index contributed by atoms with van der Waals surface area (Å²) < 4.78 is 0. The molecule has 2 fully saturated rings. The molecular weight excluding hydrogens is 430 g/mol. The second-order valence-electron chi connectivity index (χ2n) is 8.41. The van der Waals surface area contributed by atoms with Crippen LogP contribution in [0.25, 0.3) is 0 Å². The molecule has 0 unspecified atom stereocenters. The maximum absolute atomic E-state index is 13.6. The van der Waals surface area contributed by atoms with Gasteiger partial charge in [-0.15, -0.1) is 22.7 Å². The van der Waals surface area contributed by atoms with Gasteiger partial charge in [0.15, 0.2) is 0 Å². The molecule has 1 N–H and O–H groups in total. The number of nitrogens with zero attached hydrogens (tertiary/aromatic N) is 2. The van der Waals surface area contributed by atoms with Crippen molar-refractivity contribution in [2.45, 2.75) is 51.1 Å². The first kappa shape index (κ1) is 22.0. The van der Waals surface area contributed by atoms with Crippen molar-refractivity contribution in [2.75, 3.05) is 19.6 Å². The minimum Gasteiger partial charge on any atom is -0.339 e. The second-order valence-corrected chi connectivity index (χ2v) is 10.3. The average molecular weight is 460 g/mol. The van der Waals surface area contributed by atoms with Crippen molar-refractivity contribution in [2.24, 2.45) is 5.92 Å². The third-order valence-electron chi connectivity index (χ3n) is 6.41. The summed E-state index contributed by atoms with van der Waals surface area (Å²) >= 11 is 2.84. The van der Waals surface area contributed by atoms with Crippen molar-refractivity contribution >= 4 is 40.4 Å². The summed E-state index contributed by atoms with van der Waals surface area (Å²) in [5, 5.41) is 6.84. The van der Waals surface area contributed by atoms with Crippen molar-refractivity contribution < 1.29 is 14.4 Å². The molecule has 2 aromatic heterocycles. The Bertz CT molecular complexity index is 889. The Morgan fingerprint density at radius 2 is 1.65 bits per heavy atom. The molecule has 4 heterocycles. The molecular formula is C23H29N3O3S2. The Kier molecular flexibility index (Phi) is 7.07. The Morgan fingerprint density at radius 1 is 0.968 bits per heavy atom. The van der Waals surface area contributed by atoms with Crippen LogP contribution in [-0.4, -0.2) is 59.2 Å². The van der Waals surface area contributed by atoms with Gasteiger partial charge >= 0.3 is 0 Å². The van der Waals surface area contributed by atoms with Crippen LogP contribution in [-0.2, 0) is 4.79 Å². The first-order valence-corrected chi connectivity index (χ1v) is 12.8. The van der Waals surface area contributed by atoms with Crippen molar-refractivity contribution in [3.8, 4) is 0 Å². The quantitative estimate of drug-likeness (QED) is 0.738. The van der Waals surface area contributed by atoms with E-state index in [0.717, 1.165) is 30.7 Å². The van der Waals surface area contributed by atoms with Gasteiger partial charge in [-0.25, -0.2) is 0 Å². The minimum atomic E-state index is -0.547. The van der Waals surface area contributed by atoms with E-state index in [0.29, 0.717) is 30.8 Å². The number of amides is 3. The smallest absolute Gasteiger partial charge is 0.263 e. The van der Waals surface area contributed by atoms with Crippen molar-refractivity contribution in [3.63, 3.8) is 0 Å². The summed E-state index contributed by atoms with van der Waals surface area (Å²) in [6.45, 7) is 4.06. The summed E-state index contributed by atoms with van der Waals surface area (Å²) in [7, 11) is 0. The fraction of sp³-hybridized carbons (Fsp3) is 0.522. The van der Waals surface area contributed by atoms with E-state index in [9.17, 15) is 14.4 Å². The molecule has 8 heteroatoms. The summed E-state index contributed by atoms with van der Waals surface area (Å²) in [5.74, 6) is -0.0724. The SMILES string of the molecule is C[C@H]1CCCCN1C(=O)[C@H](NC(=O)c1cccs1)C1CCN(C(=O)c2cccs2)CC1. The van der Waals surface area contributed by atoms with E-state index in [1.165, 1.54) is 22.7 Å². The third-order valence-corrected chi connectivity index (χ3v) is 8.14. The van der Waals surface area contributed by atoms with Crippen molar-refractivity contribution in [1.82, 2.24) is 15.1 Å². The predicted octanol–water partition coefficient (Wildman–Crippen LogP) is 3.86. The van der Waals surface area contributed by atoms with E-state index in [4.69, 9.17) is 0 Å². The summed E-state index contributed by atoms with van der Waals surface area (Å²) in [4.78, 5) is 44.2. The van der Waals surface area contributed by atoms with Crippen LogP contribution >= 0.6 is 22.7 Å². The highest BCUT2D eigenvalue weighted by molar-refractivity contribution is 7.12. The van der Waals surface area contributed by atoms with Gasteiger partial charge in [0.1, 0.15) is 6.04 Å². The van der Waals surface area contributed by atoms with Gasteiger partial charge in [-0.2, -0.15) is 0 Å². The zero-order valence-electron chi connectivity index (χ0n) is 17.8. The molecule has 2 saturated heterocycles. The molecule has 2 aliphatic rings. The highest BCUT2D eigenvalue weighted by Crippen LogP contribution is 2.27. The number of carbonyl (C=O) groups is 3. The molecule has 31 heavy (non-hydrogen) atoms. The van der Waals surface area contributed by atoms with Crippen LogP contribution in [0, 0.1) is 5.92 Å². The van der Waals surface area contributed by atoms with Crippen LogP contribution in [0.4, 0.5) is 0 Å². The summed E-state index contributed by atoms with van der Waals surface area (Å²) in [6, 6.07) is 7.02. The lowest BCUT2D eigenvalue weighted by atomic mass is 9.87. The van der Waals surface area contributed by atoms with Crippen LogP contribution in [0.15, 0.2) is 35.0 Å². The molecule has 4 rings (SSSR count). The van der Waals surface area contributed by atoms with Crippen LogP contribution in [0.1, 0.15) is 58.4 Å². The number of nitrogens with one attached hydrogen (secondary N) is 1. The number of hydrogen-bond acceptors (Lipinski definition) is 5. The number of rotatable bonds is 5. The maximum Gasteiger partial charge on any atom is 0.263 e. The van der Waals surface area contributed by atoms with Crippen LogP contribution in [0.2, 0.25) is 0 Å². The van der Waals surface area contributed by atoms with E-state index in [-0.39, 0.29) is 29.7 Å². The fourth-order valence-electron chi connectivity index (χ4n) is 4.60. The van der Waals surface area contributed by atoms with E-state index in [1.54, 1.807) is 6.07 Å². The first-order valence-electron chi connectivity index (χ1n) is 11.0. The minimum absolute atomic E-state index is 0.0259. The lowest BCUT2D eigenvalue weighted by molar-refractivity contribution is -0.138. The van der Waals surface area contributed by atoms with Crippen LogP contribution in [0.5, 0.6) is 0 Å². The Labute approximate surface area is 191 Å². The lowest BCUT2D eigenvalue weighted by Gasteiger charge is -2.40. The van der Waals surface area contributed by atoms with Gasteiger partial charge in [-0.1, -0.05) is 12.1 Å². The lowest BCUT2D eigenvalue weighted by Crippen LogP contribution is -2.57. The van der Waals surface area contributed by atoms with Gasteiger partial charge < -0.3 is 15.1 Å². The number of hydrogen-bond donors (Lipinski definition) is 1. The highest BCUT2D eigenvalue weighted by Gasteiger charge is 2.38. The number of likely N-dealkylation sites (tertiary alicyclic amines) is 2. The molecule has 2 aromatic rings. The standard InChI is InChI=1S/C23H29N3O3S2/c1-16-6-2-3-11-26(16)23(29)20(24-21(27)18-7-4-14-30-18)17-9-12-25(13-10-17)22(28)19-8-5-15-31-19/h4-5,7-8,14-17,20H,2-3,6,9-13H2,1H3,(H,24,27)/t16-,20+/m0/s1. The van der Waals surface area contributed by atoms with Gasteiger partial charge in [0.25, 0.3) is 11.8 Å². The Hall–Kier alpha value is -2.19. The average Bonchev–Trinajstić information content (AvgIpc) is 3.51. The molecule has 2 aliphatic heterocycles. The molecule has 0 saturated carbocycles. The van der Waals surface area contributed by atoms with Crippen molar-refractivity contribution in [3.05, 3.63) is 44.8 Å². The normalized spacial score (nSPS) is 21.0. The largest absolute Gasteiger partial charge is 0.339 e. The van der Waals surface area contributed by atoms with E-state index in [2.05, 4.69) is 12.2 Å². The molecule has 0 aliphatic carbocycles. The molecule has 6 nitrogen and oxygen atoms in total. The Balaban J connectivity index is 1.47. The van der Waals surface area contributed by atoms with Gasteiger partial charge in [-0.05, 0) is 67.8 Å². The monoisotopic (exact) mass is 459 g/mol. The van der Waals surface area contributed by atoms with Crippen LogP contribution < -0.4 is 5.32 Å². The van der Waals surface area contributed by atoms with E-state index in [1.807, 2.05) is 38.8 Å². The molecule has 0 radical (unpaired) electrons. The molecule has 0 aromatic carbocycles. The van der Waals surface area contributed by atoms with Gasteiger partial charge in [0.2, 0.25) is 5.91 Å². The topological polar surface area (TPSA) is 69.7 Å². The molecule has 0 bridgehead atoms. The van der Waals surface area contributed by atoms with E-state index >= 15 is 0 Å². The van der Waals surface area contributed by atoms with Crippen molar-refractivity contribution in [1.29, 1.82) is 0 Å². The second kappa shape index (κ2) is 9.96. The summed E-state index contributed by atoms with van der Waals surface area (Å²) in [6.07, 6.45) is 4.57. The van der Waals surface area contributed by atoms with E-state index < -0.39 is 6.04 Å². The van der Waals surface area contributed by atoms with Crippen LogP contribution in [0.3, 0.4) is 0 Å². The number of piperidine rings is 2. The molecule has 2 atom stereocenters. The zero-order chi connectivity index (χ0) is 21.8. The third kappa shape index (κ3) is 5.01. The van der Waals surface area contributed by atoms with Gasteiger partial charge in [0, 0.05) is 25.7 Å². The van der Waals surface area contributed by atoms with Gasteiger partial charge in [-0.3, -0.25) is 14.4 Å². The first-order chi connectivity index (χ1) is 15.0. The fourth-order valence-corrected chi connectivity index (χ4v) is 5.92. The molecule has 3 amide bonds. The number of carbonyl (C=O) groups excluding carboxylic acids is 3. The summed E-state index contributed by atoms with van der Waals surface area (Å²) in [5.41, 5.74) is 0. The van der Waals surface area contributed by atoms with Gasteiger partial charge in [0.05, 0.1) is 9.75 Å². The molecule has 0 spiro atoms. The number of thiophene rings is 2. The highest BCUT2D eigenvalue weighted by atomic mass is 32.1. The maximum atomic E-state index is 13.6. The zero-order valence-corrected chi connectivity index (χ0v) is 19.4. The Morgan fingerprint density at radius 3 is 2.26 bits per heavy atom. The molecule has 166 valence electrons. The predicted molar refractivity (Wildman–Crippen MR) is 124 cm³/mol.